The number of morpholine rings is 1. The van der Waals surface area contributed by atoms with Gasteiger partial charge >= 0.3 is 0 Å². The summed E-state index contributed by atoms with van der Waals surface area (Å²) < 4.78 is 47.2. The first-order valence-electron chi connectivity index (χ1n) is 10.9. The van der Waals surface area contributed by atoms with Crippen LogP contribution in [0.15, 0.2) is 42.5 Å². The molecule has 0 saturated carbocycles. The summed E-state index contributed by atoms with van der Waals surface area (Å²) >= 11 is 0. The summed E-state index contributed by atoms with van der Waals surface area (Å²) in [6.07, 6.45) is 0. The molecule has 1 fully saturated rings. The van der Waals surface area contributed by atoms with Crippen LogP contribution in [-0.4, -0.2) is 55.6 Å². The lowest BCUT2D eigenvalue weighted by molar-refractivity contribution is -0.124. The fourth-order valence-electron chi connectivity index (χ4n) is 3.83. The fraction of sp³-hybridized carbons (Fsp3) is 0.417. The van der Waals surface area contributed by atoms with Gasteiger partial charge in [0.05, 0.1) is 19.3 Å². The molecule has 1 unspecified atom stereocenters. The number of carbonyl (C=O) groups excluding carboxylic acids is 2. The molecule has 0 aliphatic carbocycles. The average molecular weight is 464 g/mol. The van der Waals surface area contributed by atoms with Crippen molar-refractivity contribution in [1.29, 1.82) is 0 Å². The molecule has 0 spiro atoms. The van der Waals surface area contributed by atoms with Crippen molar-refractivity contribution in [2.75, 3.05) is 32.8 Å². The third kappa shape index (κ3) is 6.33. The number of nitrogens with zero attached hydrogens (tertiary/aromatic N) is 1. The van der Waals surface area contributed by atoms with Gasteiger partial charge in [-0.1, -0.05) is 32.0 Å². The molecular formula is C24H28F3N3O3. The number of ether oxygens (including phenoxy) is 1. The Bertz CT molecular complexity index is 960. The predicted octanol–water partition coefficient (Wildman–Crippen LogP) is 3.05. The van der Waals surface area contributed by atoms with E-state index in [0.29, 0.717) is 31.9 Å². The highest BCUT2D eigenvalue weighted by molar-refractivity contribution is 5.98. The number of halogens is 3. The molecule has 2 aromatic carbocycles. The van der Waals surface area contributed by atoms with Gasteiger partial charge in [-0.05, 0) is 35.7 Å². The number of hydrogen-bond donors (Lipinski definition) is 2. The SMILES string of the molecule is CC(C)[C@H](NC(=O)c1c(F)cccc1F)C(=O)NCC(c1cccc(F)c1)N1CCOCC1. The quantitative estimate of drug-likeness (QED) is 0.632. The topological polar surface area (TPSA) is 70.7 Å². The van der Waals surface area contributed by atoms with E-state index in [2.05, 4.69) is 15.5 Å². The summed E-state index contributed by atoms with van der Waals surface area (Å²) in [7, 11) is 0. The molecule has 2 aromatic rings. The fourth-order valence-corrected chi connectivity index (χ4v) is 3.83. The van der Waals surface area contributed by atoms with E-state index in [9.17, 15) is 22.8 Å². The second-order valence-electron chi connectivity index (χ2n) is 8.26. The first-order chi connectivity index (χ1) is 15.8. The summed E-state index contributed by atoms with van der Waals surface area (Å²) in [5.74, 6) is -4.24. The van der Waals surface area contributed by atoms with Crippen LogP contribution in [0.1, 0.15) is 35.8 Å². The highest BCUT2D eigenvalue weighted by atomic mass is 19.1. The maximum atomic E-state index is 14.0. The predicted molar refractivity (Wildman–Crippen MR) is 117 cm³/mol. The van der Waals surface area contributed by atoms with Crippen molar-refractivity contribution >= 4 is 11.8 Å². The van der Waals surface area contributed by atoms with Crippen LogP contribution in [0.25, 0.3) is 0 Å². The maximum Gasteiger partial charge on any atom is 0.257 e. The van der Waals surface area contributed by atoms with Gasteiger partial charge in [-0.15, -0.1) is 0 Å². The lowest BCUT2D eigenvalue weighted by Gasteiger charge is -2.35. The molecule has 0 aromatic heterocycles. The van der Waals surface area contributed by atoms with Crippen LogP contribution in [0.4, 0.5) is 13.2 Å². The zero-order valence-corrected chi connectivity index (χ0v) is 18.6. The van der Waals surface area contributed by atoms with Crippen LogP contribution in [-0.2, 0) is 9.53 Å². The molecule has 9 heteroatoms. The molecular weight excluding hydrogens is 435 g/mol. The Morgan fingerprint density at radius 3 is 2.27 bits per heavy atom. The van der Waals surface area contributed by atoms with Gasteiger partial charge in [-0.25, -0.2) is 13.2 Å². The maximum absolute atomic E-state index is 14.0. The van der Waals surface area contributed by atoms with Crippen LogP contribution in [0, 0.1) is 23.4 Å². The van der Waals surface area contributed by atoms with Crippen LogP contribution >= 0.6 is 0 Å². The average Bonchev–Trinajstić information content (AvgIpc) is 2.78. The van der Waals surface area contributed by atoms with Crippen molar-refractivity contribution in [3.8, 4) is 0 Å². The molecule has 0 radical (unpaired) electrons. The highest BCUT2D eigenvalue weighted by Gasteiger charge is 2.29. The first kappa shape index (κ1) is 24.7. The summed E-state index contributed by atoms with van der Waals surface area (Å²) in [6, 6.07) is 7.97. The molecule has 2 N–H and O–H groups in total. The van der Waals surface area contributed by atoms with Crippen molar-refractivity contribution in [1.82, 2.24) is 15.5 Å². The van der Waals surface area contributed by atoms with E-state index in [1.807, 2.05) is 0 Å². The van der Waals surface area contributed by atoms with Gasteiger partial charge in [0.2, 0.25) is 5.91 Å². The van der Waals surface area contributed by atoms with Crippen molar-refractivity contribution in [3.63, 3.8) is 0 Å². The lowest BCUT2D eigenvalue weighted by Crippen LogP contribution is -2.52. The monoisotopic (exact) mass is 463 g/mol. The molecule has 1 aliphatic rings. The minimum absolute atomic E-state index is 0.162. The zero-order chi connectivity index (χ0) is 24.0. The molecule has 2 amide bonds. The van der Waals surface area contributed by atoms with E-state index in [1.165, 1.54) is 12.1 Å². The van der Waals surface area contributed by atoms with Crippen LogP contribution in [0.5, 0.6) is 0 Å². The second kappa shape index (κ2) is 11.3. The number of carbonyl (C=O) groups is 2. The van der Waals surface area contributed by atoms with Crippen molar-refractivity contribution < 1.29 is 27.5 Å². The molecule has 1 aliphatic heterocycles. The Kier molecular flexibility index (Phi) is 8.46. The first-order valence-corrected chi connectivity index (χ1v) is 10.9. The number of nitrogens with one attached hydrogen (secondary N) is 2. The van der Waals surface area contributed by atoms with E-state index in [1.54, 1.807) is 26.0 Å². The van der Waals surface area contributed by atoms with Crippen molar-refractivity contribution in [2.24, 2.45) is 5.92 Å². The van der Waals surface area contributed by atoms with Gasteiger partial charge in [0.15, 0.2) is 0 Å². The van der Waals surface area contributed by atoms with Gasteiger partial charge < -0.3 is 15.4 Å². The largest absolute Gasteiger partial charge is 0.379 e. The molecule has 1 heterocycles. The molecule has 178 valence electrons. The van der Waals surface area contributed by atoms with E-state index < -0.39 is 35.1 Å². The Labute approximate surface area is 191 Å². The van der Waals surface area contributed by atoms with Crippen LogP contribution < -0.4 is 10.6 Å². The van der Waals surface area contributed by atoms with Crippen LogP contribution in [0.2, 0.25) is 0 Å². The minimum atomic E-state index is -1.02. The molecule has 33 heavy (non-hydrogen) atoms. The van der Waals surface area contributed by atoms with E-state index >= 15 is 0 Å². The third-order valence-electron chi connectivity index (χ3n) is 5.62. The van der Waals surface area contributed by atoms with Gasteiger partial charge in [-0.3, -0.25) is 14.5 Å². The van der Waals surface area contributed by atoms with Crippen LogP contribution in [0.3, 0.4) is 0 Å². The number of hydrogen-bond acceptors (Lipinski definition) is 4. The lowest BCUT2D eigenvalue weighted by atomic mass is 10.0. The van der Waals surface area contributed by atoms with Gasteiger partial charge in [0, 0.05) is 19.6 Å². The van der Waals surface area contributed by atoms with E-state index in [4.69, 9.17) is 4.74 Å². The normalized spacial score (nSPS) is 16.3. The zero-order valence-electron chi connectivity index (χ0n) is 18.6. The minimum Gasteiger partial charge on any atom is -0.379 e. The second-order valence-corrected chi connectivity index (χ2v) is 8.26. The Morgan fingerprint density at radius 1 is 1.03 bits per heavy atom. The highest BCUT2D eigenvalue weighted by Crippen LogP contribution is 2.22. The summed E-state index contributed by atoms with van der Waals surface area (Å²) in [5, 5.41) is 5.26. The van der Waals surface area contributed by atoms with Gasteiger partial charge in [0.1, 0.15) is 29.1 Å². The Hall–Kier alpha value is -2.91. The number of amides is 2. The van der Waals surface area contributed by atoms with Crippen molar-refractivity contribution in [2.45, 2.75) is 25.9 Å². The smallest absolute Gasteiger partial charge is 0.257 e. The van der Waals surface area contributed by atoms with Gasteiger partial charge in [-0.2, -0.15) is 0 Å². The molecule has 1 saturated heterocycles. The van der Waals surface area contributed by atoms with Gasteiger partial charge in [0.25, 0.3) is 5.91 Å². The van der Waals surface area contributed by atoms with E-state index in [0.717, 1.165) is 18.2 Å². The molecule has 6 nitrogen and oxygen atoms in total. The summed E-state index contributed by atoms with van der Waals surface area (Å²) in [6.45, 7) is 5.89. The van der Waals surface area contributed by atoms with E-state index in [-0.39, 0.29) is 24.3 Å². The molecule has 0 bridgehead atoms. The summed E-state index contributed by atoms with van der Waals surface area (Å²) in [5.41, 5.74) is -0.0299. The Morgan fingerprint density at radius 2 is 1.67 bits per heavy atom. The van der Waals surface area contributed by atoms with Crippen molar-refractivity contribution in [3.05, 3.63) is 71.0 Å². The Balaban J connectivity index is 1.73. The number of rotatable bonds is 8. The summed E-state index contributed by atoms with van der Waals surface area (Å²) in [4.78, 5) is 27.6. The third-order valence-corrected chi connectivity index (χ3v) is 5.62. The molecule has 2 atom stereocenters. The standard InChI is InChI=1S/C24H28F3N3O3/c1-15(2)22(29-23(31)21-18(26)7-4-8-19(21)27)24(32)28-14-20(30-9-11-33-12-10-30)16-5-3-6-17(25)13-16/h3-8,13,15,20,22H,9-12,14H2,1-2H3,(H,28,32)(H,29,31)/t20?,22-/m0/s1. The molecule has 3 rings (SSSR count). The number of benzene rings is 2.